The fourth-order valence-electron chi connectivity index (χ4n) is 21.8. The number of nitrogens with zero attached hydrogens (tertiary/aromatic N) is 8. The molecule has 0 radical (unpaired) electrons. The van der Waals surface area contributed by atoms with Gasteiger partial charge in [-0.2, -0.15) is 20.4 Å². The summed E-state index contributed by atoms with van der Waals surface area (Å²) in [6.45, 7) is 38.0. The molecule has 16 heteroatoms. The van der Waals surface area contributed by atoms with E-state index in [0.29, 0.717) is 10.8 Å². The number of halogens is 4. The van der Waals surface area contributed by atoms with E-state index in [1.165, 1.54) is 144 Å². The van der Waals surface area contributed by atoms with Crippen molar-refractivity contribution in [3.63, 3.8) is 0 Å². The fraction of sp³-hybridized carbons (Fsp3) is 0.656. The molecule has 6 saturated carbocycles. The largest absolute Gasteiger partial charge is 0.262 e. The van der Waals surface area contributed by atoms with Gasteiger partial charge in [-0.3, -0.25) is 20.4 Å². The summed E-state index contributed by atoms with van der Waals surface area (Å²) in [5, 5.41) is 30.6. The summed E-state index contributed by atoms with van der Waals surface area (Å²) >= 11 is 15.7. The van der Waals surface area contributed by atoms with E-state index in [0.717, 1.165) is 189 Å². The van der Waals surface area contributed by atoms with Crippen LogP contribution < -0.4 is 0 Å². The number of aryl methyl sites for hydroxylation is 4. The van der Waals surface area contributed by atoms with Gasteiger partial charge in [0, 0.05) is 22.3 Å². The molecule has 12 unspecified atom stereocenters. The molecule has 6 aliphatic carbocycles. The van der Waals surface area contributed by atoms with Gasteiger partial charge >= 0.3 is 0 Å². The highest BCUT2D eigenvalue weighted by Gasteiger charge is 2.52. The number of nitrogens with one attached hydrogen (secondary N) is 4. The number of H-pyrrole nitrogens is 4. The molecule has 0 amide bonds. The fourth-order valence-corrected chi connectivity index (χ4v) is 24.3. The molecule has 0 spiro atoms. The zero-order valence-corrected chi connectivity index (χ0v) is 75.5. The van der Waals surface area contributed by atoms with Gasteiger partial charge in [0.15, 0.2) is 23.3 Å². The van der Waals surface area contributed by atoms with Crippen LogP contribution in [-0.4, -0.2) is 60.7 Å². The molecule has 6 fully saturated rings. The molecule has 4 N–H and O–H groups in total. The standard InChI is InChI=1S/C32H48BrN3.C21H30BrN3.2C20H28BrN3/c1-22-11-13-24(14-12-22)29-34-30(36-35-29)28(33)21-25-26(31(3)15-7-5-8-16-31)19-23(2)20-27(25)32(4)17-9-6-10-18-32;1-5-16-6-8-17(9-7-16)20-23-21(25-24-20)19(22)12-18-14(3)10-13(2)11-15(18)4;2*1-12-5-7-16(8-6-12)19-22-20(24-23-19)18(21)11-17-14(3)9-13(2)10-15(17)4/h11-14,23,25-28H,5-10,15-21H2,1-4H3,(H,34,35,36);6-9,13-15,18-19H,5,10-12H2,1-4H3,(H,23,24,25);2*5-8,13-15,17-18H,9-11H2,1-4H3,(H,22,23,24). The molecule has 0 aliphatic heterocycles. The highest BCUT2D eigenvalue weighted by Crippen LogP contribution is 2.61. The third-order valence-corrected chi connectivity index (χ3v) is 31.1. The minimum Gasteiger partial charge on any atom is -0.262 e. The van der Waals surface area contributed by atoms with E-state index >= 15 is 0 Å². The molecule has 8 aromatic rings. The minimum absolute atomic E-state index is 0.229. The summed E-state index contributed by atoms with van der Waals surface area (Å²) < 4.78 is 0. The van der Waals surface area contributed by atoms with Crippen LogP contribution in [0, 0.1) is 126 Å². The van der Waals surface area contributed by atoms with Crippen LogP contribution in [0.5, 0.6) is 0 Å². The molecule has 14 rings (SSSR count). The summed E-state index contributed by atoms with van der Waals surface area (Å²) in [6, 6.07) is 33.8. The van der Waals surface area contributed by atoms with Crippen molar-refractivity contribution in [3.05, 3.63) is 143 Å². The Morgan fingerprint density at radius 1 is 0.330 bits per heavy atom. The minimum atomic E-state index is 0.229. The van der Waals surface area contributed by atoms with Gasteiger partial charge < -0.3 is 0 Å². The maximum Gasteiger partial charge on any atom is 0.181 e. The van der Waals surface area contributed by atoms with Crippen molar-refractivity contribution >= 4 is 63.7 Å². The molecule has 6 aliphatic rings. The molecule has 12 nitrogen and oxygen atoms in total. The van der Waals surface area contributed by atoms with Crippen molar-refractivity contribution in [2.24, 2.45) is 106 Å². The smallest absolute Gasteiger partial charge is 0.181 e. The van der Waals surface area contributed by atoms with E-state index in [2.05, 4.69) is 312 Å². The van der Waals surface area contributed by atoms with Gasteiger partial charge in [-0.05, 0) is 241 Å². The summed E-state index contributed by atoms with van der Waals surface area (Å²) in [7, 11) is 0. The third kappa shape index (κ3) is 22.5. The number of hydrogen-bond acceptors (Lipinski definition) is 8. The van der Waals surface area contributed by atoms with Gasteiger partial charge in [-0.25, -0.2) is 19.9 Å². The van der Waals surface area contributed by atoms with E-state index in [-0.39, 0.29) is 19.3 Å². The SMILES string of the molecule is CCc1ccc(-c2n[nH]c(C(Br)CC3C(C)CC(C)CC3C)n2)cc1.Cc1ccc(-c2n[nH]c(C(Br)CC3C(C)CC(C)CC3C)n2)cc1.Cc1ccc(-c2n[nH]c(C(Br)CC3C(C)CC(C)CC3C)n2)cc1.Cc1ccc(-c2n[nH]c(C(Br)CC3C(C4(C)CCCCC4)CC(C)CC3C3(C)CCCCC3)n2)cc1. The number of rotatable bonds is 19. The first-order chi connectivity index (χ1) is 52.1. The van der Waals surface area contributed by atoms with Crippen molar-refractivity contribution in [1.82, 2.24) is 60.7 Å². The lowest BCUT2D eigenvalue weighted by atomic mass is 9.49. The number of benzene rings is 4. The monoisotopic (exact) mass is 1730 g/mol. The highest BCUT2D eigenvalue weighted by molar-refractivity contribution is 9.09. The van der Waals surface area contributed by atoms with Crippen LogP contribution >= 0.6 is 63.7 Å². The van der Waals surface area contributed by atoms with Gasteiger partial charge in [0.25, 0.3) is 0 Å². The second kappa shape index (κ2) is 39.1. The van der Waals surface area contributed by atoms with E-state index in [1.54, 1.807) is 0 Å². The number of hydrogen-bond donors (Lipinski definition) is 4. The average Bonchev–Trinajstić information content (AvgIpc) is 1.69. The van der Waals surface area contributed by atoms with Crippen LogP contribution in [0.4, 0.5) is 0 Å². The predicted octanol–water partition coefficient (Wildman–Crippen LogP) is 27.9. The molecule has 0 bridgehead atoms. The van der Waals surface area contributed by atoms with E-state index in [9.17, 15) is 0 Å². The van der Waals surface area contributed by atoms with Crippen LogP contribution in [0.25, 0.3) is 45.6 Å². The Labute approximate surface area is 690 Å². The van der Waals surface area contributed by atoms with Crippen LogP contribution in [0.3, 0.4) is 0 Å². The van der Waals surface area contributed by atoms with Crippen LogP contribution in [0.15, 0.2) is 97.1 Å². The highest BCUT2D eigenvalue weighted by atomic mass is 79.9. The molecular formula is C93H134Br4N12. The van der Waals surface area contributed by atoms with Crippen LogP contribution in [-0.2, 0) is 6.42 Å². The molecule has 594 valence electrons. The molecule has 4 aromatic carbocycles. The molecule has 4 aromatic heterocycles. The topological polar surface area (TPSA) is 166 Å². The molecule has 4 heterocycles. The van der Waals surface area contributed by atoms with E-state index < -0.39 is 0 Å². The van der Waals surface area contributed by atoms with E-state index in [4.69, 9.17) is 19.9 Å². The molecule has 109 heavy (non-hydrogen) atoms. The average molecular weight is 1740 g/mol. The Morgan fingerprint density at radius 2 is 0.560 bits per heavy atom. The normalized spacial score (nSPS) is 29.4. The predicted molar refractivity (Wildman–Crippen MR) is 468 cm³/mol. The van der Waals surface area contributed by atoms with Crippen molar-refractivity contribution in [3.8, 4) is 45.6 Å². The van der Waals surface area contributed by atoms with Crippen LogP contribution in [0.1, 0.15) is 296 Å². The zero-order chi connectivity index (χ0) is 77.8. The van der Waals surface area contributed by atoms with E-state index in [1.807, 2.05) is 0 Å². The lowest BCUT2D eigenvalue weighted by molar-refractivity contribution is -0.0650. The van der Waals surface area contributed by atoms with Gasteiger partial charge in [0.2, 0.25) is 0 Å². The van der Waals surface area contributed by atoms with Crippen molar-refractivity contribution in [2.45, 2.75) is 278 Å². The summed E-state index contributed by atoms with van der Waals surface area (Å²) in [5.41, 5.74) is 10.4. The van der Waals surface area contributed by atoms with Crippen LogP contribution in [0.2, 0.25) is 0 Å². The number of aromatic amines is 4. The molecule has 12 atom stereocenters. The molecular weight excluding hydrogens is 1600 g/mol. The number of aromatic nitrogens is 12. The van der Waals surface area contributed by atoms with Gasteiger partial charge in [-0.15, -0.1) is 0 Å². The number of alkyl halides is 4. The quantitative estimate of drug-likeness (QED) is 0.0581. The molecule has 0 saturated heterocycles. The first kappa shape index (κ1) is 85.2. The van der Waals surface area contributed by atoms with Crippen molar-refractivity contribution in [2.75, 3.05) is 0 Å². The summed E-state index contributed by atoms with van der Waals surface area (Å²) in [4.78, 5) is 20.2. The second-order valence-corrected chi connectivity index (χ2v) is 41.5. The van der Waals surface area contributed by atoms with Gasteiger partial charge in [0.05, 0.1) is 19.3 Å². The maximum atomic E-state index is 4.99. The van der Waals surface area contributed by atoms with Gasteiger partial charge in [-0.1, -0.05) is 306 Å². The first-order valence-corrected chi connectivity index (χ1v) is 46.3. The maximum absolute atomic E-state index is 4.99. The zero-order valence-electron chi connectivity index (χ0n) is 69.1. The first-order valence-electron chi connectivity index (χ1n) is 42.7. The summed E-state index contributed by atoms with van der Waals surface area (Å²) in [6.07, 6.45) is 30.8. The Kier molecular flexibility index (Phi) is 30.6. The lowest BCUT2D eigenvalue weighted by Crippen LogP contribution is -2.48. The third-order valence-electron chi connectivity index (χ3n) is 27.8. The Hall–Kier alpha value is -4.64. The van der Waals surface area contributed by atoms with Crippen molar-refractivity contribution < 1.29 is 0 Å². The Bertz CT molecular complexity index is 3830. The lowest BCUT2D eigenvalue weighted by Gasteiger charge is -2.56. The Balaban J connectivity index is 0.000000147. The second-order valence-electron chi connectivity index (χ2n) is 37.1. The summed E-state index contributed by atoms with van der Waals surface area (Å²) in [5.74, 6) is 19.8. The van der Waals surface area contributed by atoms with Crippen molar-refractivity contribution in [1.29, 1.82) is 0 Å². The Morgan fingerprint density at radius 3 is 0.807 bits per heavy atom. The van der Waals surface area contributed by atoms with Gasteiger partial charge in [0.1, 0.15) is 23.3 Å².